The van der Waals surface area contributed by atoms with E-state index in [9.17, 15) is 4.39 Å². The maximum atomic E-state index is 14.5. The van der Waals surface area contributed by atoms with E-state index in [1.165, 1.54) is 44.4 Å². The fourth-order valence-electron chi connectivity index (χ4n) is 3.80. The van der Waals surface area contributed by atoms with Crippen LogP contribution in [0.1, 0.15) is 37.7 Å². The van der Waals surface area contributed by atoms with Crippen molar-refractivity contribution in [3.63, 3.8) is 0 Å². The first-order chi connectivity index (χ1) is 12.1. The second kappa shape index (κ2) is 8.58. The summed E-state index contributed by atoms with van der Waals surface area (Å²) in [6, 6.07) is 5.92. The summed E-state index contributed by atoms with van der Waals surface area (Å²) in [6.07, 6.45) is 8.24. The van der Waals surface area contributed by atoms with Crippen molar-refractivity contribution in [1.29, 1.82) is 0 Å². The number of halogens is 1. The van der Waals surface area contributed by atoms with Crippen LogP contribution in [0, 0.1) is 5.82 Å². The Kier molecular flexibility index (Phi) is 6.20. The van der Waals surface area contributed by atoms with Gasteiger partial charge in [0.05, 0.1) is 11.9 Å². The van der Waals surface area contributed by atoms with E-state index in [0.29, 0.717) is 11.3 Å². The van der Waals surface area contributed by atoms with Gasteiger partial charge in [0.25, 0.3) is 0 Å². The molecule has 0 aromatic heterocycles. The first-order valence-electron chi connectivity index (χ1n) is 9.00. The van der Waals surface area contributed by atoms with Crippen LogP contribution in [0.4, 0.5) is 10.1 Å². The number of rotatable bonds is 4. The van der Waals surface area contributed by atoms with Crippen LogP contribution in [-0.4, -0.2) is 48.4 Å². The minimum Gasteiger partial charge on any atom is -0.375 e. The molecule has 1 heterocycles. The molecule has 1 aliphatic heterocycles. The van der Waals surface area contributed by atoms with Crippen molar-refractivity contribution in [3.05, 3.63) is 29.6 Å². The first-order valence-corrected chi connectivity index (χ1v) is 9.41. The smallest absolute Gasteiger partial charge is 0.184 e. The average Bonchev–Trinajstić information content (AvgIpc) is 2.63. The first kappa shape index (κ1) is 18.1. The van der Waals surface area contributed by atoms with Gasteiger partial charge in [0.2, 0.25) is 0 Å². The Labute approximate surface area is 154 Å². The Hall–Kier alpha value is -1.73. The van der Waals surface area contributed by atoms with Gasteiger partial charge in [-0.05, 0) is 42.8 Å². The lowest BCUT2D eigenvalue weighted by Gasteiger charge is -2.41. The lowest BCUT2D eigenvalue weighted by Crippen LogP contribution is -2.51. The lowest BCUT2D eigenvalue weighted by atomic mass is 9.94. The number of nitrogens with two attached hydrogens (primary N) is 1. The highest BCUT2D eigenvalue weighted by Gasteiger charge is 2.26. The Balaban J connectivity index is 1.57. The number of anilines is 1. The molecule has 3 rings (SSSR count). The molecule has 0 radical (unpaired) electrons. The second-order valence-corrected chi connectivity index (χ2v) is 7.20. The topological polar surface area (TPSA) is 56.9 Å². The average molecular weight is 364 g/mol. The van der Waals surface area contributed by atoms with Gasteiger partial charge in [-0.1, -0.05) is 25.3 Å². The molecular weight excluding hydrogens is 337 g/mol. The Morgan fingerprint density at radius 2 is 1.92 bits per heavy atom. The summed E-state index contributed by atoms with van der Waals surface area (Å²) in [4.78, 5) is 4.73. The van der Waals surface area contributed by atoms with Gasteiger partial charge in [-0.3, -0.25) is 10.3 Å². The largest absolute Gasteiger partial charge is 0.375 e. The summed E-state index contributed by atoms with van der Waals surface area (Å²) in [5.74, 6) is -0.217. The molecule has 2 aliphatic rings. The summed E-state index contributed by atoms with van der Waals surface area (Å²) in [7, 11) is 0. The lowest BCUT2D eigenvalue weighted by molar-refractivity contribution is 0.147. The number of thiocarbonyl (C=S) groups is 1. The Bertz CT molecular complexity index is 622. The van der Waals surface area contributed by atoms with Gasteiger partial charge in [0, 0.05) is 32.2 Å². The van der Waals surface area contributed by atoms with Gasteiger partial charge in [-0.2, -0.15) is 5.10 Å². The molecule has 1 saturated carbocycles. The third-order valence-electron chi connectivity index (χ3n) is 5.11. The van der Waals surface area contributed by atoms with Crippen molar-refractivity contribution in [2.24, 2.45) is 10.8 Å². The fourth-order valence-corrected chi connectivity index (χ4v) is 3.86. The third-order valence-corrected chi connectivity index (χ3v) is 5.20. The highest BCUT2D eigenvalue weighted by molar-refractivity contribution is 7.80. The number of hydrogen-bond acceptors (Lipinski definition) is 4. The van der Waals surface area contributed by atoms with Gasteiger partial charge < -0.3 is 10.6 Å². The maximum Gasteiger partial charge on any atom is 0.184 e. The van der Waals surface area contributed by atoms with Crippen molar-refractivity contribution in [1.82, 2.24) is 10.3 Å². The van der Waals surface area contributed by atoms with E-state index in [2.05, 4.69) is 32.5 Å². The zero-order valence-electron chi connectivity index (χ0n) is 14.5. The predicted octanol–water partition coefficient (Wildman–Crippen LogP) is 2.45. The van der Waals surface area contributed by atoms with Crippen LogP contribution in [0.3, 0.4) is 0 Å². The van der Waals surface area contributed by atoms with Gasteiger partial charge in [-0.25, -0.2) is 4.39 Å². The molecule has 7 heteroatoms. The summed E-state index contributed by atoms with van der Waals surface area (Å²) in [5.41, 5.74) is 9.10. The molecular formula is C18H26FN5S. The SMILES string of the molecule is NC(=S)N/N=C/c1ccc(N2CCN(C3CCCCC3)CC2)c(F)c1. The molecule has 2 fully saturated rings. The van der Waals surface area contributed by atoms with Crippen molar-refractivity contribution in [2.75, 3.05) is 31.1 Å². The van der Waals surface area contributed by atoms with Crippen LogP contribution in [0.25, 0.3) is 0 Å². The van der Waals surface area contributed by atoms with E-state index in [1.807, 2.05) is 12.1 Å². The van der Waals surface area contributed by atoms with Crippen molar-refractivity contribution < 1.29 is 4.39 Å². The normalized spacial score (nSPS) is 20.1. The van der Waals surface area contributed by atoms with Crippen LogP contribution in [0.5, 0.6) is 0 Å². The van der Waals surface area contributed by atoms with E-state index in [4.69, 9.17) is 5.73 Å². The Morgan fingerprint density at radius 3 is 2.56 bits per heavy atom. The van der Waals surface area contributed by atoms with Crippen molar-refractivity contribution in [2.45, 2.75) is 38.1 Å². The monoisotopic (exact) mass is 363 g/mol. The molecule has 1 aromatic carbocycles. The zero-order valence-corrected chi connectivity index (χ0v) is 15.3. The molecule has 5 nitrogen and oxygen atoms in total. The fraction of sp³-hybridized carbons (Fsp3) is 0.556. The highest BCUT2D eigenvalue weighted by atomic mass is 32.1. The molecule has 1 aromatic rings. The molecule has 1 saturated heterocycles. The van der Waals surface area contributed by atoms with Crippen LogP contribution >= 0.6 is 12.2 Å². The summed E-state index contributed by atoms with van der Waals surface area (Å²) in [5, 5.41) is 3.95. The van der Waals surface area contributed by atoms with Gasteiger partial charge in [-0.15, -0.1) is 0 Å². The Morgan fingerprint density at radius 1 is 1.20 bits per heavy atom. The molecule has 1 aliphatic carbocycles. The van der Waals surface area contributed by atoms with E-state index in [-0.39, 0.29) is 10.9 Å². The van der Waals surface area contributed by atoms with Crippen molar-refractivity contribution in [3.8, 4) is 0 Å². The van der Waals surface area contributed by atoms with Crippen molar-refractivity contribution >= 4 is 29.2 Å². The minimum absolute atomic E-state index is 0.0872. The number of hydrazone groups is 1. The molecule has 0 amide bonds. The summed E-state index contributed by atoms with van der Waals surface area (Å²) in [6.45, 7) is 3.80. The van der Waals surface area contributed by atoms with E-state index in [0.717, 1.165) is 32.2 Å². The number of hydrogen-bond donors (Lipinski definition) is 2. The minimum atomic E-state index is -0.217. The second-order valence-electron chi connectivity index (χ2n) is 6.76. The van der Waals surface area contributed by atoms with Crippen LogP contribution < -0.4 is 16.1 Å². The van der Waals surface area contributed by atoms with E-state index < -0.39 is 0 Å². The molecule has 0 atom stereocenters. The van der Waals surface area contributed by atoms with Crippen LogP contribution in [0.2, 0.25) is 0 Å². The van der Waals surface area contributed by atoms with E-state index in [1.54, 1.807) is 0 Å². The number of nitrogens with one attached hydrogen (secondary N) is 1. The summed E-state index contributed by atoms with van der Waals surface area (Å²) >= 11 is 4.67. The maximum absolute atomic E-state index is 14.5. The number of benzene rings is 1. The highest BCUT2D eigenvalue weighted by Crippen LogP contribution is 2.26. The molecule has 0 unspecified atom stereocenters. The molecule has 0 bridgehead atoms. The van der Waals surface area contributed by atoms with Crippen LogP contribution in [-0.2, 0) is 0 Å². The van der Waals surface area contributed by atoms with E-state index >= 15 is 0 Å². The third kappa shape index (κ3) is 4.89. The van der Waals surface area contributed by atoms with Gasteiger partial charge >= 0.3 is 0 Å². The molecule has 0 spiro atoms. The zero-order chi connectivity index (χ0) is 17.6. The van der Waals surface area contributed by atoms with Gasteiger partial charge in [0.1, 0.15) is 5.82 Å². The molecule has 136 valence electrons. The molecule has 25 heavy (non-hydrogen) atoms. The van der Waals surface area contributed by atoms with Gasteiger partial charge in [0.15, 0.2) is 5.11 Å². The summed E-state index contributed by atoms with van der Waals surface area (Å²) < 4.78 is 14.5. The quantitative estimate of drug-likeness (QED) is 0.489. The standard InChI is InChI=1S/C18H26FN5S/c19-16-12-14(13-21-22-18(20)25)6-7-17(16)24-10-8-23(9-11-24)15-4-2-1-3-5-15/h6-7,12-13,15H,1-5,8-11H2,(H3,20,22,25)/b21-13+. The number of nitrogens with zero attached hydrogens (tertiary/aromatic N) is 3. The number of piperazine rings is 1. The van der Waals surface area contributed by atoms with Crippen LogP contribution in [0.15, 0.2) is 23.3 Å². The molecule has 3 N–H and O–H groups in total. The predicted molar refractivity (Wildman–Crippen MR) is 105 cm³/mol.